The minimum atomic E-state index is 0.0391. The SMILES string of the molecule is CN=C(NCc1cn2cc(Cl)ccc2n1)NC(C)c1ccccc1OC. The van der Waals surface area contributed by atoms with Crippen LogP contribution in [0.3, 0.4) is 0 Å². The molecule has 1 unspecified atom stereocenters. The second-order valence-electron chi connectivity index (χ2n) is 5.88. The molecular weight excluding hydrogens is 350 g/mol. The fraction of sp³-hybridized carbons (Fsp3) is 0.263. The zero-order valence-electron chi connectivity index (χ0n) is 15.0. The number of rotatable bonds is 5. The summed E-state index contributed by atoms with van der Waals surface area (Å²) in [5, 5.41) is 7.34. The van der Waals surface area contributed by atoms with Gasteiger partial charge in [0.1, 0.15) is 11.4 Å². The van der Waals surface area contributed by atoms with Crippen LogP contribution >= 0.6 is 11.6 Å². The van der Waals surface area contributed by atoms with E-state index in [0.29, 0.717) is 17.5 Å². The number of aromatic nitrogens is 2. The fourth-order valence-corrected chi connectivity index (χ4v) is 2.95. The van der Waals surface area contributed by atoms with E-state index in [0.717, 1.165) is 22.7 Å². The van der Waals surface area contributed by atoms with Crippen LogP contribution in [-0.4, -0.2) is 29.5 Å². The van der Waals surface area contributed by atoms with E-state index < -0.39 is 0 Å². The second kappa shape index (κ2) is 8.10. The Morgan fingerprint density at radius 2 is 2.08 bits per heavy atom. The van der Waals surface area contributed by atoms with Crippen LogP contribution in [0.1, 0.15) is 24.2 Å². The number of benzene rings is 1. The number of hydrogen-bond acceptors (Lipinski definition) is 3. The van der Waals surface area contributed by atoms with E-state index in [9.17, 15) is 0 Å². The minimum absolute atomic E-state index is 0.0391. The molecular formula is C19H22ClN5O. The Kier molecular flexibility index (Phi) is 5.63. The van der Waals surface area contributed by atoms with Crippen molar-refractivity contribution in [1.82, 2.24) is 20.0 Å². The number of pyridine rings is 1. The predicted molar refractivity (Wildman–Crippen MR) is 105 cm³/mol. The van der Waals surface area contributed by atoms with E-state index in [4.69, 9.17) is 16.3 Å². The maximum Gasteiger partial charge on any atom is 0.191 e. The van der Waals surface area contributed by atoms with Crippen molar-refractivity contribution in [1.29, 1.82) is 0 Å². The van der Waals surface area contributed by atoms with Gasteiger partial charge in [0.15, 0.2) is 5.96 Å². The lowest BCUT2D eigenvalue weighted by Gasteiger charge is -2.19. The molecule has 0 saturated heterocycles. The first-order valence-electron chi connectivity index (χ1n) is 8.34. The van der Waals surface area contributed by atoms with Crippen LogP contribution in [0.25, 0.3) is 5.65 Å². The van der Waals surface area contributed by atoms with Crippen molar-refractivity contribution in [2.24, 2.45) is 4.99 Å². The van der Waals surface area contributed by atoms with Gasteiger partial charge in [0, 0.05) is 25.0 Å². The summed E-state index contributed by atoms with van der Waals surface area (Å²) in [6.45, 7) is 2.62. The Hall–Kier alpha value is -2.73. The van der Waals surface area contributed by atoms with E-state index in [1.54, 1.807) is 14.2 Å². The van der Waals surface area contributed by atoms with Gasteiger partial charge in [0.05, 0.1) is 30.4 Å². The number of halogens is 1. The van der Waals surface area contributed by atoms with Gasteiger partial charge in [-0.25, -0.2) is 4.98 Å². The van der Waals surface area contributed by atoms with E-state index >= 15 is 0 Å². The molecule has 0 saturated carbocycles. The summed E-state index contributed by atoms with van der Waals surface area (Å²) < 4.78 is 7.34. The predicted octanol–water partition coefficient (Wildman–Crippen LogP) is 3.42. The van der Waals surface area contributed by atoms with Crippen molar-refractivity contribution in [3.05, 3.63) is 65.1 Å². The van der Waals surface area contributed by atoms with Crippen molar-refractivity contribution in [2.45, 2.75) is 19.5 Å². The van der Waals surface area contributed by atoms with Crippen LogP contribution in [0.2, 0.25) is 5.02 Å². The third-order valence-electron chi connectivity index (χ3n) is 4.08. The highest BCUT2D eigenvalue weighted by molar-refractivity contribution is 6.30. The van der Waals surface area contributed by atoms with Gasteiger partial charge in [0.25, 0.3) is 0 Å². The molecule has 1 aromatic carbocycles. The van der Waals surface area contributed by atoms with Crippen LogP contribution in [0, 0.1) is 0 Å². The van der Waals surface area contributed by atoms with Gasteiger partial charge in [-0.15, -0.1) is 0 Å². The van der Waals surface area contributed by atoms with Crippen LogP contribution in [0.5, 0.6) is 5.75 Å². The summed E-state index contributed by atoms with van der Waals surface area (Å²) in [6, 6.07) is 11.7. The van der Waals surface area contributed by atoms with Gasteiger partial charge in [0.2, 0.25) is 0 Å². The Labute approximate surface area is 157 Å². The maximum atomic E-state index is 6.01. The number of methoxy groups -OCH3 is 1. The molecule has 0 radical (unpaired) electrons. The Morgan fingerprint density at radius 1 is 1.27 bits per heavy atom. The molecule has 0 aliphatic heterocycles. The molecule has 0 bridgehead atoms. The van der Waals surface area contributed by atoms with E-state index in [2.05, 4.69) is 27.5 Å². The number of fused-ring (bicyclic) bond motifs is 1. The summed E-state index contributed by atoms with van der Waals surface area (Å²) in [5.74, 6) is 1.54. The van der Waals surface area contributed by atoms with Crippen LogP contribution in [0.15, 0.2) is 53.8 Å². The van der Waals surface area contributed by atoms with E-state index in [1.165, 1.54) is 0 Å². The number of ether oxygens (including phenoxy) is 1. The number of para-hydroxylation sites is 1. The van der Waals surface area contributed by atoms with Crippen molar-refractivity contribution in [3.63, 3.8) is 0 Å². The normalized spacial score (nSPS) is 12.8. The largest absolute Gasteiger partial charge is 0.496 e. The van der Waals surface area contributed by atoms with E-state index in [1.807, 2.05) is 53.2 Å². The van der Waals surface area contributed by atoms with Gasteiger partial charge in [-0.1, -0.05) is 29.8 Å². The number of nitrogens with one attached hydrogen (secondary N) is 2. The quantitative estimate of drug-likeness (QED) is 0.533. The van der Waals surface area contributed by atoms with Crippen molar-refractivity contribution >= 4 is 23.2 Å². The third kappa shape index (κ3) is 4.08. The van der Waals surface area contributed by atoms with Gasteiger partial charge < -0.3 is 19.8 Å². The highest BCUT2D eigenvalue weighted by atomic mass is 35.5. The van der Waals surface area contributed by atoms with Gasteiger partial charge in [-0.3, -0.25) is 4.99 Å². The molecule has 136 valence electrons. The Balaban J connectivity index is 1.65. The van der Waals surface area contributed by atoms with Gasteiger partial charge >= 0.3 is 0 Å². The molecule has 2 heterocycles. The second-order valence-corrected chi connectivity index (χ2v) is 6.32. The molecule has 26 heavy (non-hydrogen) atoms. The lowest BCUT2D eigenvalue weighted by Crippen LogP contribution is -2.38. The molecule has 0 spiro atoms. The highest BCUT2D eigenvalue weighted by Crippen LogP contribution is 2.24. The topological polar surface area (TPSA) is 63.0 Å². The van der Waals surface area contributed by atoms with Crippen LogP contribution in [-0.2, 0) is 6.54 Å². The smallest absolute Gasteiger partial charge is 0.191 e. The third-order valence-corrected chi connectivity index (χ3v) is 4.31. The Morgan fingerprint density at radius 3 is 2.85 bits per heavy atom. The summed E-state index contributed by atoms with van der Waals surface area (Å²) in [5.41, 5.74) is 2.83. The molecule has 3 aromatic rings. The van der Waals surface area contributed by atoms with Gasteiger partial charge in [-0.2, -0.15) is 0 Å². The number of hydrogen-bond donors (Lipinski definition) is 2. The Bertz CT molecular complexity index is 921. The molecule has 7 heteroatoms. The summed E-state index contributed by atoms with van der Waals surface area (Å²) in [7, 11) is 3.42. The maximum absolute atomic E-state index is 6.01. The molecule has 2 N–H and O–H groups in total. The first-order chi connectivity index (χ1) is 12.6. The number of guanidine groups is 1. The van der Waals surface area contributed by atoms with Crippen molar-refractivity contribution in [3.8, 4) is 5.75 Å². The van der Waals surface area contributed by atoms with Crippen molar-refractivity contribution < 1.29 is 4.74 Å². The summed E-state index contributed by atoms with van der Waals surface area (Å²) in [4.78, 5) is 8.85. The standard InChI is InChI=1S/C19H22ClN5O/c1-13(16-6-4-5-7-17(16)26-3)23-19(21-2)22-10-15-12-25-11-14(20)8-9-18(25)24-15/h4-9,11-13H,10H2,1-3H3,(H2,21,22,23). The molecule has 0 amide bonds. The molecule has 1 atom stereocenters. The van der Waals surface area contributed by atoms with Crippen LogP contribution in [0.4, 0.5) is 0 Å². The highest BCUT2D eigenvalue weighted by Gasteiger charge is 2.12. The number of imidazole rings is 1. The fourth-order valence-electron chi connectivity index (χ4n) is 2.78. The van der Waals surface area contributed by atoms with Crippen molar-refractivity contribution in [2.75, 3.05) is 14.2 Å². The van der Waals surface area contributed by atoms with Crippen LogP contribution < -0.4 is 15.4 Å². The first kappa shape index (κ1) is 18.1. The number of aliphatic imine (C=N–C) groups is 1. The molecule has 0 aliphatic carbocycles. The molecule has 3 rings (SSSR count). The first-order valence-corrected chi connectivity index (χ1v) is 8.71. The lowest BCUT2D eigenvalue weighted by atomic mass is 10.1. The zero-order valence-corrected chi connectivity index (χ0v) is 15.8. The average molecular weight is 372 g/mol. The average Bonchev–Trinajstić information content (AvgIpc) is 3.06. The summed E-state index contributed by atoms with van der Waals surface area (Å²) >= 11 is 6.01. The van der Waals surface area contributed by atoms with E-state index in [-0.39, 0.29) is 6.04 Å². The zero-order chi connectivity index (χ0) is 18.5. The molecule has 0 aliphatic rings. The lowest BCUT2D eigenvalue weighted by molar-refractivity contribution is 0.405. The monoisotopic (exact) mass is 371 g/mol. The molecule has 0 fully saturated rings. The summed E-state index contributed by atoms with van der Waals surface area (Å²) in [6.07, 6.45) is 3.79. The molecule has 2 aromatic heterocycles. The molecule has 6 nitrogen and oxygen atoms in total. The van der Waals surface area contributed by atoms with Gasteiger partial charge in [-0.05, 0) is 25.1 Å². The number of nitrogens with zero attached hydrogens (tertiary/aromatic N) is 3. The minimum Gasteiger partial charge on any atom is -0.496 e.